The SMILES string of the molecule is COC(=O)CN(CC(=O)OC)C(=O)c1ccc(N)cc1C. The Morgan fingerprint density at radius 2 is 1.62 bits per heavy atom. The van der Waals surface area contributed by atoms with Crippen molar-refractivity contribution in [2.45, 2.75) is 6.92 Å². The third-order valence-corrected chi connectivity index (χ3v) is 2.86. The van der Waals surface area contributed by atoms with Gasteiger partial charge in [-0.15, -0.1) is 0 Å². The minimum Gasteiger partial charge on any atom is -0.468 e. The summed E-state index contributed by atoms with van der Waals surface area (Å²) in [6, 6.07) is 4.77. The Labute approximate surface area is 122 Å². The lowest BCUT2D eigenvalue weighted by molar-refractivity contribution is -0.144. The van der Waals surface area contributed by atoms with Gasteiger partial charge in [0.05, 0.1) is 14.2 Å². The van der Waals surface area contributed by atoms with Crippen LogP contribution in [0, 0.1) is 6.92 Å². The fourth-order valence-electron chi connectivity index (χ4n) is 1.74. The third-order valence-electron chi connectivity index (χ3n) is 2.86. The second-order valence-corrected chi connectivity index (χ2v) is 4.39. The predicted molar refractivity (Wildman–Crippen MR) is 75.5 cm³/mol. The van der Waals surface area contributed by atoms with Crippen molar-refractivity contribution < 1.29 is 23.9 Å². The molecule has 2 N–H and O–H groups in total. The van der Waals surface area contributed by atoms with Crippen LogP contribution in [-0.2, 0) is 19.1 Å². The number of nitrogen functional groups attached to an aromatic ring is 1. The van der Waals surface area contributed by atoms with Crippen LogP contribution in [0.2, 0.25) is 0 Å². The molecule has 0 spiro atoms. The first-order chi connectivity index (χ1) is 9.88. The fourth-order valence-corrected chi connectivity index (χ4v) is 1.74. The summed E-state index contributed by atoms with van der Waals surface area (Å²) in [5.74, 6) is -1.72. The fraction of sp³-hybridized carbons (Fsp3) is 0.357. The molecule has 1 amide bonds. The summed E-state index contributed by atoms with van der Waals surface area (Å²) >= 11 is 0. The van der Waals surface area contributed by atoms with Crippen LogP contribution in [-0.4, -0.2) is 50.1 Å². The number of rotatable bonds is 5. The number of carbonyl (C=O) groups is 3. The maximum absolute atomic E-state index is 12.4. The number of benzene rings is 1. The number of aryl methyl sites for hydroxylation is 1. The lowest BCUT2D eigenvalue weighted by Crippen LogP contribution is -2.40. The van der Waals surface area contributed by atoms with Gasteiger partial charge in [0.25, 0.3) is 5.91 Å². The molecule has 0 atom stereocenters. The molecule has 0 unspecified atom stereocenters. The molecule has 0 aliphatic heterocycles. The van der Waals surface area contributed by atoms with Crippen molar-refractivity contribution in [1.29, 1.82) is 0 Å². The zero-order chi connectivity index (χ0) is 16.0. The van der Waals surface area contributed by atoms with E-state index in [1.807, 2.05) is 0 Å². The minimum atomic E-state index is -0.625. The summed E-state index contributed by atoms with van der Waals surface area (Å²) in [5.41, 5.74) is 7.17. The Kier molecular flexibility index (Phi) is 5.71. The highest BCUT2D eigenvalue weighted by molar-refractivity contribution is 5.99. The van der Waals surface area contributed by atoms with Crippen molar-refractivity contribution in [3.63, 3.8) is 0 Å². The standard InChI is InChI=1S/C14H18N2O5/c1-9-6-10(15)4-5-11(9)14(19)16(7-12(17)20-2)8-13(18)21-3/h4-6H,7-8,15H2,1-3H3. The molecule has 114 valence electrons. The summed E-state index contributed by atoms with van der Waals surface area (Å²) in [4.78, 5) is 36.3. The Morgan fingerprint density at radius 3 is 2.05 bits per heavy atom. The van der Waals surface area contributed by atoms with E-state index in [2.05, 4.69) is 9.47 Å². The molecule has 1 aromatic rings. The Hall–Kier alpha value is -2.57. The summed E-state index contributed by atoms with van der Waals surface area (Å²) in [7, 11) is 2.41. The zero-order valence-electron chi connectivity index (χ0n) is 12.2. The van der Waals surface area contributed by atoms with Gasteiger partial charge in [-0.25, -0.2) is 0 Å². The van der Waals surface area contributed by atoms with Gasteiger partial charge in [0.1, 0.15) is 13.1 Å². The molecule has 0 saturated carbocycles. The van der Waals surface area contributed by atoms with Crippen molar-refractivity contribution in [3.05, 3.63) is 29.3 Å². The van der Waals surface area contributed by atoms with E-state index in [4.69, 9.17) is 5.73 Å². The molecular weight excluding hydrogens is 276 g/mol. The molecule has 0 fully saturated rings. The van der Waals surface area contributed by atoms with Gasteiger partial charge in [0.2, 0.25) is 0 Å². The van der Waals surface area contributed by atoms with Crippen LogP contribution in [0.5, 0.6) is 0 Å². The Morgan fingerprint density at radius 1 is 1.10 bits per heavy atom. The highest BCUT2D eigenvalue weighted by atomic mass is 16.5. The summed E-state index contributed by atoms with van der Waals surface area (Å²) in [6.07, 6.45) is 0. The molecule has 0 radical (unpaired) electrons. The van der Waals surface area contributed by atoms with Crippen LogP contribution < -0.4 is 5.73 Å². The van der Waals surface area contributed by atoms with Crippen molar-refractivity contribution in [3.8, 4) is 0 Å². The molecule has 0 aliphatic carbocycles. The van der Waals surface area contributed by atoms with E-state index in [-0.39, 0.29) is 13.1 Å². The molecule has 0 aliphatic rings. The van der Waals surface area contributed by atoms with Crippen LogP contribution in [0.4, 0.5) is 5.69 Å². The Bertz CT molecular complexity index is 538. The number of ether oxygens (including phenoxy) is 2. The summed E-state index contributed by atoms with van der Waals surface area (Å²) in [5, 5.41) is 0. The first-order valence-corrected chi connectivity index (χ1v) is 6.18. The first-order valence-electron chi connectivity index (χ1n) is 6.18. The lowest BCUT2D eigenvalue weighted by Gasteiger charge is -2.21. The average molecular weight is 294 g/mol. The largest absolute Gasteiger partial charge is 0.468 e. The van der Waals surface area contributed by atoms with Gasteiger partial charge in [0, 0.05) is 11.3 Å². The van der Waals surface area contributed by atoms with Gasteiger partial charge in [-0.3, -0.25) is 14.4 Å². The van der Waals surface area contributed by atoms with Crippen molar-refractivity contribution in [1.82, 2.24) is 4.90 Å². The first kappa shape index (κ1) is 16.5. The lowest BCUT2D eigenvalue weighted by atomic mass is 10.1. The van der Waals surface area contributed by atoms with Crippen molar-refractivity contribution >= 4 is 23.5 Å². The van der Waals surface area contributed by atoms with Gasteiger partial charge in [-0.1, -0.05) is 0 Å². The monoisotopic (exact) mass is 294 g/mol. The minimum absolute atomic E-state index is 0.339. The summed E-state index contributed by atoms with van der Waals surface area (Å²) in [6.45, 7) is 1.04. The number of hydrogen-bond donors (Lipinski definition) is 1. The van der Waals surface area contributed by atoms with Gasteiger partial charge in [-0.2, -0.15) is 0 Å². The second-order valence-electron chi connectivity index (χ2n) is 4.39. The van der Waals surface area contributed by atoms with Crippen molar-refractivity contribution in [2.75, 3.05) is 33.0 Å². The Balaban J connectivity index is 3.02. The second kappa shape index (κ2) is 7.28. The predicted octanol–water partition coefficient (Wildman–Crippen LogP) is 0.365. The van der Waals surface area contributed by atoms with Gasteiger partial charge in [0.15, 0.2) is 0 Å². The van der Waals surface area contributed by atoms with Gasteiger partial charge < -0.3 is 20.1 Å². The molecule has 0 bridgehead atoms. The van der Waals surface area contributed by atoms with Crippen LogP contribution >= 0.6 is 0 Å². The quantitative estimate of drug-likeness (QED) is 0.622. The molecule has 0 aromatic heterocycles. The topological polar surface area (TPSA) is 98.9 Å². The highest BCUT2D eigenvalue weighted by Gasteiger charge is 2.23. The van der Waals surface area contributed by atoms with Crippen LogP contribution in [0.1, 0.15) is 15.9 Å². The van der Waals surface area contributed by atoms with E-state index in [9.17, 15) is 14.4 Å². The van der Waals surface area contributed by atoms with Gasteiger partial charge >= 0.3 is 11.9 Å². The average Bonchev–Trinajstić information content (AvgIpc) is 2.45. The molecule has 7 heteroatoms. The molecule has 1 rings (SSSR count). The molecule has 21 heavy (non-hydrogen) atoms. The molecular formula is C14H18N2O5. The van der Waals surface area contributed by atoms with Crippen LogP contribution in [0.15, 0.2) is 18.2 Å². The molecule has 1 aromatic carbocycles. The van der Waals surface area contributed by atoms with E-state index in [1.165, 1.54) is 14.2 Å². The highest BCUT2D eigenvalue weighted by Crippen LogP contribution is 2.15. The number of anilines is 1. The molecule has 7 nitrogen and oxygen atoms in total. The summed E-state index contributed by atoms with van der Waals surface area (Å²) < 4.78 is 9.05. The van der Waals surface area contributed by atoms with E-state index in [1.54, 1.807) is 25.1 Å². The van der Waals surface area contributed by atoms with E-state index < -0.39 is 17.8 Å². The number of amides is 1. The molecule has 0 heterocycles. The number of nitrogens with two attached hydrogens (primary N) is 1. The number of methoxy groups -OCH3 is 2. The number of hydrogen-bond acceptors (Lipinski definition) is 6. The smallest absolute Gasteiger partial charge is 0.325 e. The number of esters is 2. The van der Waals surface area contributed by atoms with Crippen molar-refractivity contribution in [2.24, 2.45) is 0 Å². The molecule has 0 saturated heterocycles. The van der Waals surface area contributed by atoms with E-state index >= 15 is 0 Å². The maximum Gasteiger partial charge on any atom is 0.325 e. The van der Waals surface area contributed by atoms with E-state index in [0.29, 0.717) is 16.8 Å². The third kappa shape index (κ3) is 4.48. The number of nitrogens with zero attached hydrogens (tertiary/aromatic N) is 1. The van der Waals surface area contributed by atoms with Gasteiger partial charge in [-0.05, 0) is 30.7 Å². The number of carbonyl (C=O) groups excluding carboxylic acids is 3. The maximum atomic E-state index is 12.4. The van der Waals surface area contributed by atoms with Crippen LogP contribution in [0.3, 0.4) is 0 Å². The normalized spacial score (nSPS) is 9.86. The van der Waals surface area contributed by atoms with E-state index in [0.717, 1.165) is 4.90 Å². The zero-order valence-corrected chi connectivity index (χ0v) is 12.2. The van der Waals surface area contributed by atoms with Crippen LogP contribution in [0.25, 0.3) is 0 Å².